The van der Waals surface area contributed by atoms with Crippen LogP contribution in [0.5, 0.6) is 0 Å². The van der Waals surface area contributed by atoms with E-state index in [-0.39, 0.29) is 5.39 Å². The third-order valence-electron chi connectivity index (χ3n) is 4.41. The van der Waals surface area contributed by atoms with E-state index in [2.05, 4.69) is 20.8 Å². The standard InChI is InChI=1S/C16H20F3PSi/c1-4-21(5-2,6-3)20-15-8-7-13(18)16-12(15)9-11(17)10-14(16)19/h7-10,20H,4-6H2,1-3H3. The molecule has 0 saturated carbocycles. The highest BCUT2D eigenvalue weighted by Gasteiger charge is 2.28. The molecule has 114 valence electrons. The van der Waals surface area contributed by atoms with E-state index in [4.69, 9.17) is 0 Å². The van der Waals surface area contributed by atoms with Crippen LogP contribution in [0, 0.1) is 17.5 Å². The Bertz CT molecular complexity index is 645. The van der Waals surface area contributed by atoms with Gasteiger partial charge in [0.15, 0.2) is 0 Å². The molecule has 0 fully saturated rings. The summed E-state index contributed by atoms with van der Waals surface area (Å²) >= 11 is 0. The largest absolute Gasteiger partial charge is 0.207 e. The maximum absolute atomic E-state index is 13.9. The van der Waals surface area contributed by atoms with Crippen LogP contribution in [-0.4, -0.2) is 7.74 Å². The van der Waals surface area contributed by atoms with Crippen molar-refractivity contribution in [2.45, 2.75) is 38.9 Å². The first-order chi connectivity index (χ1) is 9.96. The summed E-state index contributed by atoms with van der Waals surface area (Å²) < 4.78 is 41.3. The number of hydrogen-bond acceptors (Lipinski definition) is 0. The van der Waals surface area contributed by atoms with Crippen LogP contribution in [0.1, 0.15) is 20.8 Å². The summed E-state index contributed by atoms with van der Waals surface area (Å²) in [6, 6.07) is 8.44. The summed E-state index contributed by atoms with van der Waals surface area (Å²) in [5, 5.41) is 1.23. The first-order valence-electron chi connectivity index (χ1n) is 7.31. The van der Waals surface area contributed by atoms with Gasteiger partial charge >= 0.3 is 0 Å². The number of hydrogen-bond donors (Lipinski definition) is 0. The first kappa shape index (κ1) is 16.5. The Hall–Kier alpha value is -0.863. The fourth-order valence-electron chi connectivity index (χ4n) is 2.77. The first-order valence-corrected chi connectivity index (χ1v) is 11.9. The number of fused-ring (bicyclic) bond motifs is 1. The Labute approximate surface area is 126 Å². The van der Waals surface area contributed by atoms with E-state index in [1.54, 1.807) is 6.07 Å². The Morgan fingerprint density at radius 2 is 1.52 bits per heavy atom. The predicted octanol–water partition coefficient (Wildman–Crippen LogP) is 5.57. The van der Waals surface area contributed by atoms with Gasteiger partial charge in [-0.25, -0.2) is 13.2 Å². The smallest absolute Gasteiger partial charge is 0.136 e. The second-order valence-corrected chi connectivity index (χ2v) is 14.8. The molecule has 1 unspecified atom stereocenters. The fourth-order valence-corrected chi connectivity index (χ4v) is 9.83. The molecular formula is C16H20F3PSi. The molecular weight excluding hydrogens is 308 g/mol. The van der Waals surface area contributed by atoms with Crippen LogP contribution in [0.2, 0.25) is 18.1 Å². The number of benzene rings is 2. The summed E-state index contributed by atoms with van der Waals surface area (Å²) in [7, 11) is -0.919. The summed E-state index contributed by atoms with van der Waals surface area (Å²) in [5.41, 5.74) is 0. The lowest BCUT2D eigenvalue weighted by molar-refractivity contribution is 0.582. The second kappa shape index (κ2) is 6.49. The van der Waals surface area contributed by atoms with E-state index < -0.39 is 25.2 Å². The van der Waals surface area contributed by atoms with Gasteiger partial charge in [-0.1, -0.05) is 45.0 Å². The molecule has 0 saturated heterocycles. The van der Waals surface area contributed by atoms with Gasteiger partial charge < -0.3 is 0 Å². The van der Waals surface area contributed by atoms with Crippen molar-refractivity contribution >= 4 is 31.9 Å². The molecule has 2 aromatic rings. The molecule has 2 aromatic carbocycles. The van der Waals surface area contributed by atoms with Crippen LogP contribution in [0.3, 0.4) is 0 Å². The van der Waals surface area contributed by atoms with Crippen LogP contribution < -0.4 is 5.30 Å². The molecule has 0 bridgehead atoms. The summed E-state index contributed by atoms with van der Waals surface area (Å²) in [5.74, 6) is -2.08. The SMILES string of the molecule is CC[Si](CC)(CC)Pc1ccc(F)c2c(F)cc(F)cc12. The van der Waals surface area contributed by atoms with E-state index in [0.29, 0.717) is 13.5 Å². The molecule has 5 heteroatoms. The van der Waals surface area contributed by atoms with Gasteiger partial charge in [0.2, 0.25) is 0 Å². The third-order valence-corrected chi connectivity index (χ3v) is 15.3. The second-order valence-electron chi connectivity index (χ2n) is 5.37. The van der Waals surface area contributed by atoms with Gasteiger partial charge in [-0.15, -0.1) is 8.13 Å². The van der Waals surface area contributed by atoms with Crippen molar-refractivity contribution in [2.75, 3.05) is 0 Å². The van der Waals surface area contributed by atoms with Crippen LogP contribution in [-0.2, 0) is 0 Å². The zero-order valence-electron chi connectivity index (χ0n) is 12.6. The molecule has 0 aliphatic rings. The van der Waals surface area contributed by atoms with E-state index in [1.807, 2.05) is 0 Å². The molecule has 0 spiro atoms. The van der Waals surface area contributed by atoms with Gasteiger partial charge in [0.1, 0.15) is 17.5 Å². The minimum Gasteiger partial charge on any atom is -0.207 e. The minimum atomic E-state index is -1.47. The number of rotatable bonds is 5. The topological polar surface area (TPSA) is 0 Å². The van der Waals surface area contributed by atoms with Crippen LogP contribution in [0.15, 0.2) is 24.3 Å². The average molecular weight is 328 g/mol. The highest BCUT2D eigenvalue weighted by molar-refractivity contribution is 7.87. The van der Waals surface area contributed by atoms with Crippen molar-refractivity contribution in [3.05, 3.63) is 41.7 Å². The normalized spacial score (nSPS) is 12.7. The van der Waals surface area contributed by atoms with Gasteiger partial charge in [0.05, 0.1) is 13.1 Å². The zero-order valence-corrected chi connectivity index (χ0v) is 14.6. The van der Waals surface area contributed by atoms with Crippen molar-refractivity contribution in [1.29, 1.82) is 0 Å². The minimum absolute atomic E-state index is 0.0763. The van der Waals surface area contributed by atoms with Crippen molar-refractivity contribution in [3.8, 4) is 0 Å². The van der Waals surface area contributed by atoms with Crippen LogP contribution >= 0.6 is 8.13 Å². The Balaban J connectivity index is 2.62. The molecule has 21 heavy (non-hydrogen) atoms. The maximum Gasteiger partial charge on any atom is 0.136 e. The van der Waals surface area contributed by atoms with Gasteiger partial charge in [-0.2, -0.15) is 0 Å². The lowest BCUT2D eigenvalue weighted by Crippen LogP contribution is -2.28. The fraction of sp³-hybridized carbons (Fsp3) is 0.375. The van der Waals surface area contributed by atoms with Gasteiger partial charge in [0, 0.05) is 6.07 Å². The highest BCUT2D eigenvalue weighted by Crippen LogP contribution is 2.39. The summed E-state index contributed by atoms with van der Waals surface area (Å²) in [6.45, 7) is 6.58. The molecule has 0 aliphatic heterocycles. The number of halogens is 3. The molecule has 0 aromatic heterocycles. The van der Waals surface area contributed by atoms with Gasteiger partial charge in [-0.3, -0.25) is 0 Å². The molecule has 1 atom stereocenters. The Kier molecular flexibility index (Phi) is 5.10. The lowest BCUT2D eigenvalue weighted by Gasteiger charge is -2.28. The summed E-state index contributed by atoms with van der Waals surface area (Å²) in [6.07, 6.45) is 0. The van der Waals surface area contributed by atoms with E-state index in [1.165, 1.54) is 12.1 Å². The predicted molar refractivity (Wildman–Crippen MR) is 89.0 cm³/mol. The quantitative estimate of drug-likeness (QED) is 0.497. The molecule has 0 N–H and O–H groups in total. The Morgan fingerprint density at radius 1 is 0.905 bits per heavy atom. The van der Waals surface area contributed by atoms with Crippen molar-refractivity contribution < 1.29 is 13.2 Å². The molecule has 0 radical (unpaired) electrons. The van der Waals surface area contributed by atoms with E-state index in [0.717, 1.165) is 29.5 Å². The van der Waals surface area contributed by atoms with Gasteiger partial charge in [0.25, 0.3) is 0 Å². The average Bonchev–Trinajstić information content (AvgIpc) is 2.46. The molecule has 0 amide bonds. The third kappa shape index (κ3) is 3.17. The van der Waals surface area contributed by atoms with Crippen LogP contribution in [0.4, 0.5) is 13.2 Å². The van der Waals surface area contributed by atoms with E-state index >= 15 is 0 Å². The highest BCUT2D eigenvalue weighted by atomic mass is 31.3. The van der Waals surface area contributed by atoms with Crippen molar-refractivity contribution in [2.24, 2.45) is 0 Å². The summed E-state index contributed by atoms with van der Waals surface area (Å²) in [4.78, 5) is 0. The van der Waals surface area contributed by atoms with Crippen molar-refractivity contribution in [1.82, 2.24) is 0 Å². The maximum atomic E-state index is 13.9. The molecule has 0 heterocycles. The lowest BCUT2D eigenvalue weighted by atomic mass is 10.1. The van der Waals surface area contributed by atoms with Gasteiger partial charge in [-0.05, 0) is 22.8 Å². The van der Waals surface area contributed by atoms with Crippen LogP contribution in [0.25, 0.3) is 10.8 Å². The molecule has 0 aliphatic carbocycles. The molecule has 0 nitrogen and oxygen atoms in total. The Morgan fingerprint density at radius 3 is 2.10 bits per heavy atom. The molecule has 2 rings (SSSR count). The van der Waals surface area contributed by atoms with Crippen molar-refractivity contribution in [3.63, 3.8) is 0 Å². The zero-order chi connectivity index (χ0) is 15.6. The monoisotopic (exact) mass is 328 g/mol. The van der Waals surface area contributed by atoms with E-state index in [9.17, 15) is 13.2 Å².